The fourth-order valence-electron chi connectivity index (χ4n) is 4.09. The van der Waals surface area contributed by atoms with Crippen LogP contribution in [0.25, 0.3) is 5.65 Å². The third-order valence-electron chi connectivity index (χ3n) is 5.60. The van der Waals surface area contributed by atoms with Gasteiger partial charge in [-0.05, 0) is 47.9 Å². The maximum atomic E-state index is 6.18. The first-order valence-corrected chi connectivity index (χ1v) is 11.2. The van der Waals surface area contributed by atoms with Crippen molar-refractivity contribution in [1.82, 2.24) is 24.5 Å². The minimum absolute atomic E-state index is 0.386. The summed E-state index contributed by atoms with van der Waals surface area (Å²) in [6, 6.07) is 10.5. The van der Waals surface area contributed by atoms with Crippen LogP contribution < -0.4 is 10.8 Å². The Bertz CT molecular complexity index is 1110. The van der Waals surface area contributed by atoms with Crippen molar-refractivity contribution < 1.29 is 0 Å². The summed E-state index contributed by atoms with van der Waals surface area (Å²) in [5.74, 6) is 1.29. The molecule has 5 heterocycles. The molecule has 8 heteroatoms. The summed E-state index contributed by atoms with van der Waals surface area (Å²) in [5.41, 5.74) is 3.52. The SMILES string of the molecule is [B]c1cnn2c(NCc3cccnc3)cc(C3CCCN(Cc4cccs4)C3)nc12. The Hall–Kier alpha value is -2.71. The van der Waals surface area contributed by atoms with E-state index in [1.54, 1.807) is 16.9 Å². The van der Waals surface area contributed by atoms with E-state index >= 15 is 0 Å². The van der Waals surface area contributed by atoms with Crippen molar-refractivity contribution >= 4 is 36.1 Å². The van der Waals surface area contributed by atoms with Gasteiger partial charge in [0.05, 0.1) is 5.69 Å². The van der Waals surface area contributed by atoms with Crippen molar-refractivity contribution in [2.75, 3.05) is 18.4 Å². The van der Waals surface area contributed by atoms with Crippen LogP contribution in [0.2, 0.25) is 0 Å². The summed E-state index contributed by atoms with van der Waals surface area (Å²) < 4.78 is 1.79. The third-order valence-corrected chi connectivity index (χ3v) is 6.46. The van der Waals surface area contributed by atoms with Crippen LogP contribution in [0.15, 0.2) is 54.3 Å². The fourth-order valence-corrected chi connectivity index (χ4v) is 4.84. The van der Waals surface area contributed by atoms with Crippen LogP contribution in [-0.2, 0) is 13.1 Å². The lowest BCUT2D eigenvalue weighted by molar-refractivity contribution is 0.200. The van der Waals surface area contributed by atoms with Crippen molar-refractivity contribution in [3.05, 3.63) is 70.4 Å². The number of piperidine rings is 1. The maximum Gasteiger partial charge on any atom is 0.150 e. The van der Waals surface area contributed by atoms with E-state index < -0.39 is 0 Å². The molecule has 0 saturated carbocycles. The van der Waals surface area contributed by atoms with Crippen molar-refractivity contribution in [1.29, 1.82) is 0 Å². The Morgan fingerprint density at radius 2 is 2.20 bits per heavy atom. The quantitative estimate of drug-likeness (QED) is 0.492. The minimum Gasteiger partial charge on any atom is -0.366 e. The van der Waals surface area contributed by atoms with E-state index in [1.807, 2.05) is 23.6 Å². The second kappa shape index (κ2) is 8.57. The maximum absolute atomic E-state index is 6.18. The summed E-state index contributed by atoms with van der Waals surface area (Å²) in [6.45, 7) is 3.83. The zero-order valence-corrected chi connectivity index (χ0v) is 17.6. The van der Waals surface area contributed by atoms with Crippen LogP contribution >= 0.6 is 11.3 Å². The lowest BCUT2D eigenvalue weighted by Crippen LogP contribution is -2.34. The zero-order valence-electron chi connectivity index (χ0n) is 16.7. The molecule has 1 unspecified atom stereocenters. The van der Waals surface area contributed by atoms with E-state index in [4.69, 9.17) is 12.8 Å². The summed E-state index contributed by atoms with van der Waals surface area (Å²) in [6.07, 6.45) is 7.64. The van der Waals surface area contributed by atoms with Gasteiger partial charge in [0, 0.05) is 55.1 Å². The third kappa shape index (κ3) is 4.11. The van der Waals surface area contributed by atoms with Gasteiger partial charge in [-0.25, -0.2) is 4.98 Å². The Balaban J connectivity index is 1.40. The Morgan fingerprint density at radius 3 is 3.03 bits per heavy atom. The summed E-state index contributed by atoms with van der Waals surface area (Å²) in [7, 11) is 6.18. The van der Waals surface area contributed by atoms with Crippen LogP contribution in [0.3, 0.4) is 0 Å². The summed E-state index contributed by atoms with van der Waals surface area (Å²) >= 11 is 1.83. The Morgan fingerprint density at radius 1 is 1.23 bits per heavy atom. The van der Waals surface area contributed by atoms with Gasteiger partial charge in [0.25, 0.3) is 0 Å². The molecule has 4 aromatic heterocycles. The Labute approximate surface area is 181 Å². The molecular formula is C22H23BN6S. The van der Waals surface area contributed by atoms with E-state index in [1.165, 1.54) is 11.3 Å². The van der Waals surface area contributed by atoms with Crippen molar-refractivity contribution in [2.24, 2.45) is 0 Å². The molecule has 0 spiro atoms. The first kappa shape index (κ1) is 19.3. The standard InChI is InChI=1S/C22H23BN6S/c23-19-13-26-29-21(25-12-16-4-1-7-24-11-16)10-20(27-22(19)29)17-5-2-8-28(14-17)15-18-6-3-9-30-18/h1,3-4,6-7,9-11,13,17,25H,2,5,8,12,14-15H2. The van der Waals surface area contributed by atoms with E-state index in [2.05, 4.69) is 49.9 Å². The number of nitrogens with zero attached hydrogens (tertiary/aromatic N) is 5. The van der Waals surface area contributed by atoms with Gasteiger partial charge in [0.1, 0.15) is 13.7 Å². The first-order chi connectivity index (χ1) is 14.8. The molecule has 1 atom stereocenters. The van der Waals surface area contributed by atoms with Gasteiger partial charge in [0.2, 0.25) is 0 Å². The largest absolute Gasteiger partial charge is 0.366 e. The molecule has 1 aliphatic rings. The van der Waals surface area contributed by atoms with Gasteiger partial charge < -0.3 is 5.32 Å². The molecule has 5 rings (SSSR count). The monoisotopic (exact) mass is 414 g/mol. The predicted molar refractivity (Wildman–Crippen MR) is 122 cm³/mol. The predicted octanol–water partition coefficient (Wildman–Crippen LogP) is 2.97. The number of fused-ring (bicyclic) bond motifs is 1. The highest BCUT2D eigenvalue weighted by Gasteiger charge is 2.24. The first-order valence-electron chi connectivity index (χ1n) is 10.3. The second-order valence-corrected chi connectivity index (χ2v) is 8.80. The molecule has 1 aliphatic heterocycles. The number of anilines is 1. The summed E-state index contributed by atoms with van der Waals surface area (Å²) in [5, 5.41) is 10.1. The molecule has 0 amide bonds. The van der Waals surface area contributed by atoms with Crippen LogP contribution in [0.5, 0.6) is 0 Å². The Kier molecular flexibility index (Phi) is 5.51. The molecule has 1 saturated heterocycles. The number of pyridine rings is 1. The highest BCUT2D eigenvalue weighted by molar-refractivity contribution is 7.09. The number of aromatic nitrogens is 4. The van der Waals surface area contributed by atoms with Gasteiger partial charge in [-0.1, -0.05) is 12.1 Å². The molecule has 6 nitrogen and oxygen atoms in total. The normalized spacial score (nSPS) is 17.4. The number of hydrogen-bond donors (Lipinski definition) is 1. The molecule has 0 bridgehead atoms. The number of hydrogen-bond acceptors (Lipinski definition) is 6. The molecule has 30 heavy (non-hydrogen) atoms. The smallest absolute Gasteiger partial charge is 0.150 e. The molecule has 1 N–H and O–H groups in total. The van der Waals surface area contributed by atoms with Crippen LogP contribution in [0.1, 0.15) is 34.9 Å². The molecule has 0 aromatic carbocycles. The minimum atomic E-state index is 0.386. The molecule has 150 valence electrons. The van der Waals surface area contributed by atoms with Gasteiger partial charge in [0.15, 0.2) is 5.65 Å². The summed E-state index contributed by atoms with van der Waals surface area (Å²) in [4.78, 5) is 13.0. The van der Waals surface area contributed by atoms with Gasteiger partial charge >= 0.3 is 0 Å². The number of rotatable bonds is 6. The van der Waals surface area contributed by atoms with Crippen LogP contribution in [-0.4, -0.2) is 45.4 Å². The van der Waals surface area contributed by atoms with Crippen LogP contribution in [0, 0.1) is 0 Å². The van der Waals surface area contributed by atoms with E-state index in [9.17, 15) is 0 Å². The van der Waals surface area contributed by atoms with Crippen molar-refractivity contribution in [2.45, 2.75) is 31.8 Å². The van der Waals surface area contributed by atoms with E-state index in [0.29, 0.717) is 17.9 Å². The molecule has 2 radical (unpaired) electrons. The number of likely N-dealkylation sites (tertiary alicyclic amines) is 1. The molecular weight excluding hydrogens is 391 g/mol. The van der Waals surface area contributed by atoms with Crippen molar-refractivity contribution in [3.8, 4) is 0 Å². The average Bonchev–Trinajstić information content (AvgIpc) is 3.43. The van der Waals surface area contributed by atoms with Gasteiger partial charge in [-0.2, -0.15) is 9.61 Å². The fraction of sp³-hybridized carbons (Fsp3) is 0.318. The highest BCUT2D eigenvalue weighted by atomic mass is 32.1. The van der Waals surface area contributed by atoms with Gasteiger partial charge in [-0.3, -0.25) is 9.88 Å². The highest BCUT2D eigenvalue weighted by Crippen LogP contribution is 2.29. The number of nitrogens with one attached hydrogen (secondary N) is 1. The molecule has 4 aromatic rings. The van der Waals surface area contributed by atoms with Crippen LogP contribution in [0.4, 0.5) is 5.82 Å². The topological polar surface area (TPSA) is 58.4 Å². The number of thiophene rings is 1. The average molecular weight is 414 g/mol. The zero-order chi connectivity index (χ0) is 20.3. The molecule has 0 aliphatic carbocycles. The second-order valence-electron chi connectivity index (χ2n) is 7.77. The molecule has 1 fully saturated rings. The van der Waals surface area contributed by atoms with Crippen molar-refractivity contribution in [3.63, 3.8) is 0 Å². The lowest BCUT2D eigenvalue weighted by atomic mass is 9.94. The van der Waals surface area contributed by atoms with Gasteiger partial charge in [-0.15, -0.1) is 11.3 Å². The lowest BCUT2D eigenvalue weighted by Gasteiger charge is -2.32. The van der Waals surface area contributed by atoms with E-state index in [-0.39, 0.29) is 0 Å². The van der Waals surface area contributed by atoms with E-state index in [0.717, 1.165) is 48.8 Å².